The molecular formula is C17H20F2N2O3. The average Bonchev–Trinajstić information content (AvgIpc) is 3.04. The van der Waals surface area contributed by atoms with E-state index in [9.17, 15) is 13.6 Å². The Kier molecular flexibility index (Phi) is 4.21. The van der Waals surface area contributed by atoms with Crippen LogP contribution in [0.5, 0.6) is 5.75 Å². The number of hydrogen-bond acceptors (Lipinski definition) is 4. The normalized spacial score (nSPS) is 23.0. The summed E-state index contributed by atoms with van der Waals surface area (Å²) in [4.78, 5) is 13.9. The molecule has 0 aromatic heterocycles. The number of carbonyl (C=O) groups is 1. The van der Waals surface area contributed by atoms with Crippen molar-refractivity contribution < 1.29 is 23.0 Å². The molecule has 0 aliphatic carbocycles. The zero-order valence-electron chi connectivity index (χ0n) is 13.8. The van der Waals surface area contributed by atoms with E-state index >= 15 is 0 Å². The van der Waals surface area contributed by atoms with Gasteiger partial charge in [0.25, 0.3) is 0 Å². The third kappa shape index (κ3) is 3.36. The maximum Gasteiger partial charge on any atom is 0.414 e. The lowest BCUT2D eigenvalue weighted by Gasteiger charge is -2.24. The van der Waals surface area contributed by atoms with Crippen molar-refractivity contribution in [2.45, 2.75) is 38.5 Å². The molecule has 1 aromatic carbocycles. The van der Waals surface area contributed by atoms with Crippen molar-refractivity contribution in [3.8, 4) is 5.75 Å². The highest BCUT2D eigenvalue weighted by Crippen LogP contribution is 2.30. The van der Waals surface area contributed by atoms with Gasteiger partial charge in [0.15, 0.2) is 11.6 Å². The second kappa shape index (κ2) is 6.05. The smallest absolute Gasteiger partial charge is 0.414 e. The van der Waals surface area contributed by atoms with E-state index in [-0.39, 0.29) is 18.3 Å². The lowest BCUT2D eigenvalue weighted by Crippen LogP contribution is -2.38. The van der Waals surface area contributed by atoms with Gasteiger partial charge in [-0.05, 0) is 39.0 Å². The molecule has 130 valence electrons. The molecule has 1 amide bonds. The van der Waals surface area contributed by atoms with Gasteiger partial charge in [-0.3, -0.25) is 4.90 Å². The molecule has 2 unspecified atom stereocenters. The van der Waals surface area contributed by atoms with Gasteiger partial charge in [-0.1, -0.05) is 0 Å². The molecule has 2 aliphatic rings. The largest absolute Gasteiger partial charge is 0.486 e. The van der Waals surface area contributed by atoms with Crippen LogP contribution in [0.2, 0.25) is 0 Å². The molecule has 24 heavy (non-hydrogen) atoms. The van der Waals surface area contributed by atoms with E-state index < -0.39 is 29.4 Å². The molecular weight excluding hydrogens is 318 g/mol. The summed E-state index contributed by atoms with van der Waals surface area (Å²) in [5.74, 6) is -1.67. The number of hydrogen-bond donors (Lipinski definition) is 1. The molecule has 2 atom stereocenters. The maximum absolute atomic E-state index is 13.3. The number of benzene rings is 1. The van der Waals surface area contributed by atoms with Crippen LogP contribution in [0.15, 0.2) is 30.0 Å². The van der Waals surface area contributed by atoms with Gasteiger partial charge >= 0.3 is 6.09 Å². The van der Waals surface area contributed by atoms with E-state index in [2.05, 4.69) is 5.32 Å². The van der Waals surface area contributed by atoms with Gasteiger partial charge < -0.3 is 14.8 Å². The predicted molar refractivity (Wildman–Crippen MR) is 83.6 cm³/mol. The van der Waals surface area contributed by atoms with Crippen LogP contribution in [0.3, 0.4) is 0 Å². The number of nitrogens with one attached hydrogen (secondary N) is 1. The minimum Gasteiger partial charge on any atom is -0.486 e. The van der Waals surface area contributed by atoms with E-state index in [1.54, 1.807) is 20.8 Å². The summed E-state index contributed by atoms with van der Waals surface area (Å²) in [7, 11) is 0. The van der Waals surface area contributed by atoms with Crippen LogP contribution in [0.1, 0.15) is 20.8 Å². The highest BCUT2D eigenvalue weighted by atomic mass is 19.2. The molecule has 1 aromatic rings. The summed E-state index contributed by atoms with van der Waals surface area (Å²) in [6.07, 6.45) is 1.05. The zero-order valence-corrected chi connectivity index (χ0v) is 13.8. The van der Waals surface area contributed by atoms with Crippen molar-refractivity contribution in [2.24, 2.45) is 0 Å². The van der Waals surface area contributed by atoms with Crippen molar-refractivity contribution in [3.63, 3.8) is 0 Å². The third-order valence-corrected chi connectivity index (χ3v) is 3.81. The van der Waals surface area contributed by atoms with Crippen LogP contribution in [-0.4, -0.2) is 41.8 Å². The molecule has 3 rings (SSSR count). The molecule has 0 bridgehead atoms. The summed E-state index contributed by atoms with van der Waals surface area (Å²) in [6, 6.07) is 3.20. The summed E-state index contributed by atoms with van der Waals surface area (Å²) >= 11 is 0. The Labute approximate surface area is 139 Å². The highest BCUT2D eigenvalue weighted by molar-refractivity contribution is 5.72. The van der Waals surface area contributed by atoms with Gasteiger partial charge in [0.1, 0.15) is 17.5 Å². The van der Waals surface area contributed by atoms with E-state index in [0.29, 0.717) is 6.54 Å². The number of nitrogens with zero attached hydrogens (tertiary/aromatic N) is 1. The monoisotopic (exact) mass is 338 g/mol. The summed E-state index contributed by atoms with van der Waals surface area (Å²) in [6.45, 7) is 6.29. The van der Waals surface area contributed by atoms with Gasteiger partial charge in [-0.25, -0.2) is 13.6 Å². The highest BCUT2D eigenvalue weighted by Gasteiger charge is 2.44. The Morgan fingerprint density at radius 2 is 2.04 bits per heavy atom. The number of halogens is 2. The first-order valence-electron chi connectivity index (χ1n) is 7.80. The van der Waals surface area contributed by atoms with Crippen LogP contribution in [0.4, 0.5) is 13.6 Å². The van der Waals surface area contributed by atoms with E-state index in [1.807, 2.05) is 6.08 Å². The molecule has 2 aliphatic heterocycles. The van der Waals surface area contributed by atoms with Gasteiger partial charge in [0, 0.05) is 18.3 Å². The first-order chi connectivity index (χ1) is 11.2. The van der Waals surface area contributed by atoms with Crippen molar-refractivity contribution in [1.82, 2.24) is 10.2 Å². The van der Waals surface area contributed by atoms with E-state index in [4.69, 9.17) is 9.47 Å². The predicted octanol–water partition coefficient (Wildman–Crippen LogP) is 2.82. The van der Waals surface area contributed by atoms with Crippen molar-refractivity contribution in [2.75, 3.05) is 13.1 Å². The van der Waals surface area contributed by atoms with Crippen LogP contribution >= 0.6 is 0 Å². The standard InChI is InChI=1S/C17H20F2N2O3/c1-17(2,3)24-16(22)21-9-14(15-13(21)6-7-20-15)23-10-4-5-11(18)12(19)8-10/h4-6,8,14-15,20H,7,9H2,1-3H3. The first kappa shape index (κ1) is 16.7. The van der Waals surface area contributed by atoms with Crippen LogP contribution < -0.4 is 10.1 Å². The molecule has 2 heterocycles. The Morgan fingerprint density at radius 1 is 1.29 bits per heavy atom. The second-order valence-corrected chi connectivity index (χ2v) is 6.84. The Hall–Kier alpha value is -2.15. The lowest BCUT2D eigenvalue weighted by molar-refractivity contribution is 0.0314. The topological polar surface area (TPSA) is 50.8 Å². The second-order valence-electron chi connectivity index (χ2n) is 6.84. The molecule has 0 saturated carbocycles. The number of fused-ring (bicyclic) bond motifs is 1. The molecule has 1 N–H and O–H groups in total. The van der Waals surface area contributed by atoms with Crippen LogP contribution in [0, 0.1) is 11.6 Å². The Bertz CT molecular complexity index is 685. The van der Waals surface area contributed by atoms with E-state index in [0.717, 1.165) is 17.8 Å². The summed E-state index contributed by atoms with van der Waals surface area (Å²) in [5, 5.41) is 3.23. The molecule has 0 radical (unpaired) electrons. The summed E-state index contributed by atoms with van der Waals surface area (Å²) in [5.41, 5.74) is 0.190. The Morgan fingerprint density at radius 3 is 2.71 bits per heavy atom. The fourth-order valence-corrected chi connectivity index (χ4v) is 2.84. The van der Waals surface area contributed by atoms with Crippen molar-refractivity contribution in [1.29, 1.82) is 0 Å². The molecule has 0 spiro atoms. The van der Waals surface area contributed by atoms with Gasteiger partial charge in [-0.15, -0.1) is 0 Å². The number of ether oxygens (including phenoxy) is 2. The SMILES string of the molecule is CC(C)(C)OC(=O)N1CC(Oc2ccc(F)c(F)c2)C2NCC=C21. The summed E-state index contributed by atoms with van der Waals surface area (Å²) < 4.78 is 37.6. The molecule has 5 nitrogen and oxygen atoms in total. The molecule has 7 heteroatoms. The molecule has 1 saturated heterocycles. The third-order valence-electron chi connectivity index (χ3n) is 3.81. The van der Waals surface area contributed by atoms with Crippen LogP contribution in [0.25, 0.3) is 0 Å². The fraction of sp³-hybridized carbons (Fsp3) is 0.471. The minimum atomic E-state index is -0.968. The molecule has 1 fully saturated rings. The van der Waals surface area contributed by atoms with Gasteiger partial charge in [0.05, 0.1) is 12.6 Å². The number of rotatable bonds is 2. The van der Waals surface area contributed by atoms with Gasteiger partial charge in [-0.2, -0.15) is 0 Å². The quantitative estimate of drug-likeness (QED) is 0.901. The van der Waals surface area contributed by atoms with Crippen molar-refractivity contribution >= 4 is 6.09 Å². The fourth-order valence-electron chi connectivity index (χ4n) is 2.84. The zero-order chi connectivity index (χ0) is 17.5. The first-order valence-corrected chi connectivity index (χ1v) is 7.80. The Balaban J connectivity index is 1.75. The number of carbonyl (C=O) groups excluding carboxylic acids is 1. The van der Waals surface area contributed by atoms with Gasteiger partial charge in [0.2, 0.25) is 0 Å². The minimum absolute atomic E-state index is 0.189. The maximum atomic E-state index is 13.3. The number of likely N-dealkylation sites (tertiary alicyclic amines) is 1. The average molecular weight is 338 g/mol. The number of amides is 1. The lowest BCUT2D eigenvalue weighted by atomic mass is 10.2. The van der Waals surface area contributed by atoms with Crippen LogP contribution in [-0.2, 0) is 4.74 Å². The van der Waals surface area contributed by atoms with E-state index in [1.165, 1.54) is 11.0 Å². The van der Waals surface area contributed by atoms with Crippen molar-refractivity contribution in [3.05, 3.63) is 41.6 Å².